The highest BCUT2D eigenvalue weighted by Crippen LogP contribution is 1.98. The van der Waals surface area contributed by atoms with Crippen molar-refractivity contribution in [1.29, 1.82) is 0 Å². The van der Waals surface area contributed by atoms with Crippen molar-refractivity contribution in [3.05, 3.63) is 11.6 Å². The van der Waals surface area contributed by atoms with Crippen molar-refractivity contribution >= 4 is 0 Å². The Labute approximate surface area is 64.3 Å². The molecule has 0 aliphatic heterocycles. The summed E-state index contributed by atoms with van der Waals surface area (Å²) >= 11 is 0. The highest BCUT2D eigenvalue weighted by atomic mass is 13.9. The van der Waals surface area contributed by atoms with Crippen molar-refractivity contribution in [1.82, 2.24) is 0 Å². The van der Waals surface area contributed by atoms with Crippen LogP contribution in [0.5, 0.6) is 0 Å². The van der Waals surface area contributed by atoms with Crippen LogP contribution in [-0.2, 0) is 0 Å². The summed E-state index contributed by atoms with van der Waals surface area (Å²) in [5.74, 6) is 6.15. The molecule has 0 N–H and O–H groups in total. The fourth-order valence-electron chi connectivity index (χ4n) is 0.748. The summed E-state index contributed by atoms with van der Waals surface area (Å²) in [5, 5.41) is 0. The van der Waals surface area contributed by atoms with Gasteiger partial charge in [0.15, 0.2) is 0 Å². The van der Waals surface area contributed by atoms with Crippen LogP contribution in [0.2, 0.25) is 0 Å². The smallest absolute Gasteiger partial charge is 0.0296 e. The molecule has 0 aromatic carbocycles. The molecule has 0 heteroatoms. The van der Waals surface area contributed by atoms with E-state index in [1.807, 2.05) is 0 Å². The van der Waals surface area contributed by atoms with E-state index in [0.717, 1.165) is 19.3 Å². The predicted molar refractivity (Wildman–Crippen MR) is 46.7 cm³/mol. The van der Waals surface area contributed by atoms with Crippen LogP contribution in [0.4, 0.5) is 0 Å². The molecule has 0 nitrogen and oxygen atoms in total. The van der Waals surface area contributed by atoms with Crippen LogP contribution in [0.1, 0.15) is 40.0 Å². The molecule has 0 saturated heterocycles. The topological polar surface area (TPSA) is 0 Å². The van der Waals surface area contributed by atoms with Gasteiger partial charge in [0.05, 0.1) is 0 Å². The molecule has 0 bridgehead atoms. The van der Waals surface area contributed by atoms with Crippen LogP contribution in [0, 0.1) is 11.8 Å². The largest absolute Gasteiger partial charge is 0.103 e. The minimum atomic E-state index is 0.946. The monoisotopic (exact) mass is 136 g/mol. The first-order valence-corrected chi connectivity index (χ1v) is 3.92. The summed E-state index contributed by atoms with van der Waals surface area (Å²) in [7, 11) is 0. The highest BCUT2D eigenvalue weighted by molar-refractivity contribution is 5.11. The molecule has 0 heterocycles. The lowest BCUT2D eigenvalue weighted by atomic mass is 10.2. The minimum Gasteiger partial charge on any atom is -0.103 e. The van der Waals surface area contributed by atoms with Crippen LogP contribution in [0.25, 0.3) is 0 Å². The predicted octanol–water partition coefficient (Wildman–Crippen LogP) is 3.15. The van der Waals surface area contributed by atoms with Crippen molar-refractivity contribution in [3.8, 4) is 11.8 Å². The molecule has 0 unspecified atom stereocenters. The van der Waals surface area contributed by atoms with Gasteiger partial charge in [-0.25, -0.2) is 0 Å². The summed E-state index contributed by atoms with van der Waals surface area (Å²) in [6.07, 6.45) is 5.27. The third-order valence-corrected chi connectivity index (χ3v) is 1.22. The van der Waals surface area contributed by atoms with Gasteiger partial charge in [0.25, 0.3) is 0 Å². The summed E-state index contributed by atoms with van der Waals surface area (Å²) in [6, 6.07) is 0. The first kappa shape index (κ1) is 9.30. The van der Waals surface area contributed by atoms with Gasteiger partial charge >= 0.3 is 0 Å². The Kier molecular flexibility index (Phi) is 5.97. The van der Waals surface area contributed by atoms with Gasteiger partial charge < -0.3 is 0 Å². The molecule has 0 aromatic rings. The Balaban J connectivity index is 3.58. The number of allylic oxidation sites excluding steroid dienone is 2. The first-order chi connectivity index (χ1) is 4.81. The van der Waals surface area contributed by atoms with Crippen LogP contribution in [0.3, 0.4) is 0 Å². The molecular weight excluding hydrogens is 120 g/mol. The van der Waals surface area contributed by atoms with Crippen molar-refractivity contribution in [2.75, 3.05) is 0 Å². The van der Waals surface area contributed by atoms with E-state index in [0.29, 0.717) is 0 Å². The molecule has 0 radical (unpaired) electrons. The number of hydrogen-bond donors (Lipinski definition) is 0. The van der Waals surface area contributed by atoms with Crippen LogP contribution in [-0.4, -0.2) is 0 Å². The molecule has 0 aliphatic rings. The zero-order valence-electron chi connectivity index (χ0n) is 7.20. The van der Waals surface area contributed by atoms with Crippen LogP contribution >= 0.6 is 0 Å². The molecule has 0 saturated carbocycles. The lowest BCUT2D eigenvalue weighted by Crippen LogP contribution is -1.71. The van der Waals surface area contributed by atoms with E-state index in [1.165, 1.54) is 5.57 Å². The van der Waals surface area contributed by atoms with Gasteiger partial charge in [0.1, 0.15) is 0 Å². The summed E-state index contributed by atoms with van der Waals surface area (Å²) in [5.41, 5.74) is 1.39. The van der Waals surface area contributed by atoms with Crippen molar-refractivity contribution in [2.24, 2.45) is 0 Å². The van der Waals surface area contributed by atoms with Crippen LogP contribution in [0.15, 0.2) is 11.6 Å². The second-order valence-electron chi connectivity index (χ2n) is 2.34. The number of hydrogen-bond acceptors (Lipinski definition) is 0. The summed E-state index contributed by atoms with van der Waals surface area (Å²) in [6.45, 7) is 6.36. The van der Waals surface area contributed by atoms with E-state index in [9.17, 15) is 0 Å². The van der Waals surface area contributed by atoms with Crippen LogP contribution < -0.4 is 0 Å². The van der Waals surface area contributed by atoms with E-state index in [2.05, 4.69) is 38.7 Å². The van der Waals surface area contributed by atoms with Gasteiger partial charge in [-0.2, -0.15) is 0 Å². The first-order valence-electron chi connectivity index (χ1n) is 3.92. The van der Waals surface area contributed by atoms with E-state index in [-0.39, 0.29) is 0 Å². The fraction of sp³-hybridized carbons (Fsp3) is 0.600. The maximum absolute atomic E-state index is 3.10. The molecule has 0 rings (SSSR count). The molecule has 10 heavy (non-hydrogen) atoms. The van der Waals surface area contributed by atoms with E-state index < -0.39 is 0 Å². The Morgan fingerprint density at radius 2 is 2.00 bits per heavy atom. The maximum Gasteiger partial charge on any atom is 0.0296 e. The molecule has 0 spiro atoms. The lowest BCUT2D eigenvalue weighted by molar-refractivity contribution is 1.13. The quantitative estimate of drug-likeness (QED) is 0.404. The summed E-state index contributed by atoms with van der Waals surface area (Å²) in [4.78, 5) is 0. The van der Waals surface area contributed by atoms with E-state index >= 15 is 0 Å². The Morgan fingerprint density at radius 3 is 2.50 bits per heavy atom. The van der Waals surface area contributed by atoms with Gasteiger partial charge in [-0.05, 0) is 13.3 Å². The van der Waals surface area contributed by atoms with Gasteiger partial charge in [-0.1, -0.05) is 31.4 Å². The molecule has 56 valence electrons. The highest BCUT2D eigenvalue weighted by Gasteiger charge is 1.80. The molecule has 0 aliphatic carbocycles. The SMILES string of the molecule is CCC#CCC(C)=CCC. The molecule has 0 aromatic heterocycles. The lowest BCUT2D eigenvalue weighted by Gasteiger charge is -1.89. The normalized spacial score (nSPS) is 10.5. The standard InChI is InChI=1S/C10H16/c1-4-6-7-9-10(3)8-5-2/h8H,4-5,9H2,1-3H3. The maximum atomic E-state index is 3.10. The van der Waals surface area contributed by atoms with Crippen molar-refractivity contribution < 1.29 is 0 Å². The Morgan fingerprint density at radius 1 is 1.30 bits per heavy atom. The van der Waals surface area contributed by atoms with Crippen molar-refractivity contribution in [2.45, 2.75) is 40.0 Å². The Hall–Kier alpha value is -0.700. The van der Waals surface area contributed by atoms with E-state index in [4.69, 9.17) is 0 Å². The van der Waals surface area contributed by atoms with E-state index in [1.54, 1.807) is 0 Å². The number of rotatable bonds is 2. The average molecular weight is 136 g/mol. The third-order valence-electron chi connectivity index (χ3n) is 1.22. The van der Waals surface area contributed by atoms with Gasteiger partial charge in [0, 0.05) is 12.8 Å². The molecular formula is C10H16. The Bertz CT molecular complexity index is 153. The second kappa shape index (κ2) is 6.42. The second-order valence-corrected chi connectivity index (χ2v) is 2.34. The molecule has 0 amide bonds. The molecule has 0 atom stereocenters. The zero-order chi connectivity index (χ0) is 7.82. The third kappa shape index (κ3) is 5.44. The average Bonchev–Trinajstić information content (AvgIpc) is 1.89. The van der Waals surface area contributed by atoms with Gasteiger partial charge in [-0.15, -0.1) is 5.92 Å². The van der Waals surface area contributed by atoms with Crippen molar-refractivity contribution in [3.63, 3.8) is 0 Å². The van der Waals surface area contributed by atoms with Gasteiger partial charge in [-0.3, -0.25) is 0 Å². The minimum absolute atomic E-state index is 0.946. The zero-order valence-corrected chi connectivity index (χ0v) is 7.20. The fourth-order valence-corrected chi connectivity index (χ4v) is 0.748. The van der Waals surface area contributed by atoms with Gasteiger partial charge in [0.2, 0.25) is 0 Å². The summed E-state index contributed by atoms with van der Waals surface area (Å²) < 4.78 is 0. The molecule has 0 fully saturated rings.